The monoisotopic (exact) mass is 264 g/mol. The van der Waals surface area contributed by atoms with Crippen molar-refractivity contribution in [2.45, 2.75) is 11.7 Å². The Kier molecular flexibility index (Phi) is 4.09. The van der Waals surface area contributed by atoms with Crippen molar-refractivity contribution in [2.75, 3.05) is 30.6 Å². The average Bonchev–Trinajstić information content (AvgIpc) is 2.90. The molecular weight excluding hydrogens is 248 g/mol. The second-order valence-electron chi connectivity index (χ2n) is 3.84. The van der Waals surface area contributed by atoms with Crippen LogP contribution in [0.5, 0.6) is 0 Å². The zero-order valence-electron chi connectivity index (χ0n) is 10.7. The Morgan fingerprint density at radius 2 is 2.28 bits per heavy atom. The molecule has 2 aromatic rings. The summed E-state index contributed by atoms with van der Waals surface area (Å²) in [4.78, 5) is 10.9. The van der Waals surface area contributed by atoms with Crippen LogP contribution in [0.25, 0.3) is 0 Å². The molecule has 0 saturated heterocycles. The molecule has 0 unspecified atom stereocenters. The largest absolute Gasteiger partial charge is 0.472 e. The molecule has 2 rings (SSSR count). The molecule has 0 atom stereocenters. The van der Waals surface area contributed by atoms with Crippen LogP contribution in [-0.2, 0) is 6.54 Å². The van der Waals surface area contributed by atoms with E-state index in [2.05, 4.69) is 20.2 Å². The third-order valence-corrected chi connectivity index (χ3v) is 3.07. The number of anilines is 2. The van der Waals surface area contributed by atoms with E-state index in [0.717, 1.165) is 28.9 Å². The molecule has 0 aliphatic carbocycles. The van der Waals surface area contributed by atoms with Crippen LogP contribution in [0.15, 0.2) is 34.2 Å². The second kappa shape index (κ2) is 5.77. The predicted octanol–water partition coefficient (Wildman–Crippen LogP) is 2.47. The molecule has 0 spiro atoms. The van der Waals surface area contributed by atoms with Gasteiger partial charge in [0.2, 0.25) is 0 Å². The lowest BCUT2D eigenvalue weighted by Crippen LogP contribution is -2.18. The minimum Gasteiger partial charge on any atom is -0.472 e. The molecule has 0 radical (unpaired) electrons. The van der Waals surface area contributed by atoms with E-state index in [0.29, 0.717) is 0 Å². The molecule has 0 aliphatic heterocycles. The van der Waals surface area contributed by atoms with Gasteiger partial charge in [-0.2, -0.15) is 0 Å². The fourth-order valence-corrected chi connectivity index (χ4v) is 1.94. The summed E-state index contributed by atoms with van der Waals surface area (Å²) in [5, 5.41) is 3.81. The van der Waals surface area contributed by atoms with E-state index < -0.39 is 0 Å². The average molecular weight is 264 g/mol. The van der Waals surface area contributed by atoms with Crippen LogP contribution in [0.3, 0.4) is 0 Å². The van der Waals surface area contributed by atoms with Crippen molar-refractivity contribution in [3.8, 4) is 0 Å². The highest BCUT2D eigenvalue weighted by Gasteiger charge is 2.08. The summed E-state index contributed by atoms with van der Waals surface area (Å²) < 4.78 is 5.07. The number of hydrogen-bond donors (Lipinski definition) is 1. The van der Waals surface area contributed by atoms with Gasteiger partial charge in [-0.15, -0.1) is 0 Å². The SMILES string of the molecule is CNc1cc(N(C)Cc2ccoc2)nc(SC)n1. The van der Waals surface area contributed by atoms with Gasteiger partial charge in [0.1, 0.15) is 11.6 Å². The summed E-state index contributed by atoms with van der Waals surface area (Å²) in [5.41, 5.74) is 1.12. The molecule has 18 heavy (non-hydrogen) atoms. The maximum absolute atomic E-state index is 5.07. The van der Waals surface area contributed by atoms with Crippen LogP contribution in [0, 0.1) is 0 Å². The maximum atomic E-state index is 5.07. The molecule has 1 N–H and O–H groups in total. The highest BCUT2D eigenvalue weighted by atomic mass is 32.2. The summed E-state index contributed by atoms with van der Waals surface area (Å²) in [5.74, 6) is 1.71. The van der Waals surface area contributed by atoms with E-state index in [9.17, 15) is 0 Å². The van der Waals surface area contributed by atoms with Gasteiger partial charge in [0.05, 0.1) is 12.5 Å². The van der Waals surface area contributed by atoms with Crippen LogP contribution in [0.2, 0.25) is 0 Å². The van der Waals surface area contributed by atoms with E-state index >= 15 is 0 Å². The molecule has 96 valence electrons. The number of aromatic nitrogens is 2. The first-order valence-electron chi connectivity index (χ1n) is 5.56. The number of nitrogens with one attached hydrogen (secondary N) is 1. The van der Waals surface area contributed by atoms with E-state index in [1.165, 1.54) is 11.8 Å². The molecule has 0 saturated carbocycles. The number of rotatable bonds is 5. The first kappa shape index (κ1) is 12.8. The number of thioether (sulfide) groups is 1. The Hall–Kier alpha value is -1.69. The first-order valence-corrected chi connectivity index (χ1v) is 6.78. The third-order valence-electron chi connectivity index (χ3n) is 2.52. The van der Waals surface area contributed by atoms with Crippen LogP contribution in [0.1, 0.15) is 5.56 Å². The topological polar surface area (TPSA) is 54.2 Å². The lowest BCUT2D eigenvalue weighted by molar-refractivity contribution is 0.563. The van der Waals surface area contributed by atoms with Crippen molar-refractivity contribution in [3.05, 3.63) is 30.2 Å². The summed E-state index contributed by atoms with van der Waals surface area (Å²) in [6.45, 7) is 0.754. The Labute approximate surface area is 111 Å². The summed E-state index contributed by atoms with van der Waals surface area (Å²) in [7, 11) is 3.85. The fourth-order valence-electron chi connectivity index (χ4n) is 1.57. The van der Waals surface area contributed by atoms with Crippen LogP contribution in [-0.4, -0.2) is 30.3 Å². The number of nitrogens with zero attached hydrogens (tertiary/aromatic N) is 3. The minimum absolute atomic E-state index is 0.754. The zero-order chi connectivity index (χ0) is 13.0. The van der Waals surface area contributed by atoms with Crippen LogP contribution < -0.4 is 10.2 Å². The zero-order valence-corrected chi connectivity index (χ0v) is 11.5. The van der Waals surface area contributed by atoms with Gasteiger partial charge in [0, 0.05) is 32.3 Å². The van der Waals surface area contributed by atoms with Crippen molar-refractivity contribution in [3.63, 3.8) is 0 Å². The van der Waals surface area contributed by atoms with Crippen molar-refractivity contribution < 1.29 is 4.42 Å². The van der Waals surface area contributed by atoms with E-state index in [1.54, 1.807) is 12.5 Å². The molecule has 2 aromatic heterocycles. The molecule has 0 aromatic carbocycles. The lowest BCUT2D eigenvalue weighted by Gasteiger charge is -2.18. The minimum atomic E-state index is 0.754. The normalized spacial score (nSPS) is 10.4. The predicted molar refractivity (Wildman–Crippen MR) is 74.2 cm³/mol. The number of hydrogen-bond acceptors (Lipinski definition) is 6. The van der Waals surface area contributed by atoms with Crippen molar-refractivity contribution in [1.82, 2.24) is 9.97 Å². The van der Waals surface area contributed by atoms with E-state index in [1.807, 2.05) is 32.5 Å². The molecule has 5 nitrogen and oxygen atoms in total. The number of furan rings is 1. The molecule has 0 aliphatic rings. The van der Waals surface area contributed by atoms with Gasteiger partial charge in [0.15, 0.2) is 5.16 Å². The van der Waals surface area contributed by atoms with Gasteiger partial charge in [-0.05, 0) is 12.3 Å². The quantitative estimate of drug-likeness (QED) is 0.661. The Balaban J connectivity index is 2.20. The molecule has 0 amide bonds. The first-order chi connectivity index (χ1) is 8.72. The van der Waals surface area contributed by atoms with Crippen LogP contribution >= 0.6 is 11.8 Å². The smallest absolute Gasteiger partial charge is 0.191 e. The molecule has 6 heteroatoms. The Morgan fingerprint density at radius 3 is 2.89 bits per heavy atom. The molecule has 2 heterocycles. The van der Waals surface area contributed by atoms with Crippen LogP contribution in [0.4, 0.5) is 11.6 Å². The van der Waals surface area contributed by atoms with Gasteiger partial charge >= 0.3 is 0 Å². The molecule has 0 fully saturated rings. The highest BCUT2D eigenvalue weighted by Crippen LogP contribution is 2.20. The summed E-state index contributed by atoms with van der Waals surface area (Å²) in [6, 6.07) is 3.88. The van der Waals surface area contributed by atoms with Gasteiger partial charge in [0.25, 0.3) is 0 Å². The van der Waals surface area contributed by atoms with E-state index in [4.69, 9.17) is 4.42 Å². The van der Waals surface area contributed by atoms with Gasteiger partial charge in [-0.3, -0.25) is 0 Å². The maximum Gasteiger partial charge on any atom is 0.191 e. The van der Waals surface area contributed by atoms with Crippen molar-refractivity contribution >= 4 is 23.4 Å². The Bertz CT molecular complexity index is 479. The fraction of sp³-hybridized carbons (Fsp3) is 0.333. The van der Waals surface area contributed by atoms with Gasteiger partial charge in [-0.1, -0.05) is 11.8 Å². The summed E-state index contributed by atoms with van der Waals surface area (Å²) in [6.07, 6.45) is 5.39. The van der Waals surface area contributed by atoms with Gasteiger partial charge < -0.3 is 14.6 Å². The second-order valence-corrected chi connectivity index (χ2v) is 4.61. The van der Waals surface area contributed by atoms with Gasteiger partial charge in [-0.25, -0.2) is 9.97 Å². The Morgan fingerprint density at radius 1 is 1.44 bits per heavy atom. The highest BCUT2D eigenvalue weighted by molar-refractivity contribution is 7.98. The summed E-state index contributed by atoms with van der Waals surface area (Å²) >= 11 is 1.53. The van der Waals surface area contributed by atoms with Crippen molar-refractivity contribution in [2.24, 2.45) is 0 Å². The van der Waals surface area contributed by atoms with Crippen molar-refractivity contribution in [1.29, 1.82) is 0 Å². The molecular formula is C12H16N4OS. The van der Waals surface area contributed by atoms with E-state index in [-0.39, 0.29) is 0 Å². The molecule has 0 bridgehead atoms. The standard InChI is InChI=1S/C12H16N4OS/c1-13-10-6-11(15-12(14-10)18-3)16(2)7-9-4-5-17-8-9/h4-6,8H,7H2,1-3H3,(H,13,14,15). The lowest BCUT2D eigenvalue weighted by atomic mass is 10.3. The third kappa shape index (κ3) is 2.95.